The lowest BCUT2D eigenvalue weighted by Crippen LogP contribution is -2.43. The Hall–Kier alpha value is -0.940. The number of likely N-dealkylation sites (tertiary alicyclic amines) is 1. The molecule has 0 atom stereocenters. The molecule has 0 aliphatic carbocycles. The summed E-state index contributed by atoms with van der Waals surface area (Å²) in [6.07, 6.45) is 2.00. The molecule has 1 aromatic rings. The van der Waals surface area contributed by atoms with E-state index in [0.717, 1.165) is 18.7 Å². The Morgan fingerprint density at radius 1 is 1.45 bits per heavy atom. The minimum Gasteiger partial charge on any atom is -0.481 e. The van der Waals surface area contributed by atoms with Crippen molar-refractivity contribution in [3.8, 4) is 0 Å². The van der Waals surface area contributed by atoms with Crippen LogP contribution in [0.3, 0.4) is 0 Å². The molecule has 1 fully saturated rings. The van der Waals surface area contributed by atoms with E-state index in [1.54, 1.807) is 6.07 Å². The summed E-state index contributed by atoms with van der Waals surface area (Å²) in [6.45, 7) is 4.10. The monoisotopic (exact) mass is 343 g/mol. The maximum Gasteiger partial charge on any atom is 0.309 e. The molecule has 1 aliphatic heterocycles. The summed E-state index contributed by atoms with van der Waals surface area (Å²) in [6, 6.07) is 5.14. The number of benzene rings is 1. The van der Waals surface area contributed by atoms with Gasteiger partial charge >= 0.3 is 5.97 Å². The fourth-order valence-corrected chi connectivity index (χ4v) is 3.00. The van der Waals surface area contributed by atoms with E-state index in [1.807, 2.05) is 13.0 Å². The third-order valence-corrected chi connectivity index (χ3v) is 4.98. The summed E-state index contributed by atoms with van der Waals surface area (Å²) < 4.78 is 13.9. The average Bonchev–Trinajstić information content (AvgIpc) is 2.44. The molecule has 0 aromatic heterocycles. The molecule has 0 spiro atoms. The van der Waals surface area contributed by atoms with Crippen LogP contribution in [0, 0.1) is 11.2 Å². The Balaban J connectivity index is 1.97. The summed E-state index contributed by atoms with van der Waals surface area (Å²) in [5.41, 5.74) is 0.353. The highest BCUT2D eigenvalue weighted by Crippen LogP contribution is 2.35. The van der Waals surface area contributed by atoms with E-state index in [-0.39, 0.29) is 5.82 Å². The summed E-state index contributed by atoms with van der Waals surface area (Å²) in [7, 11) is 0. The van der Waals surface area contributed by atoms with Gasteiger partial charge in [0.1, 0.15) is 5.82 Å². The highest BCUT2D eigenvalue weighted by Gasteiger charge is 2.39. The largest absolute Gasteiger partial charge is 0.481 e. The SMILES string of the molecule is CCC1(C(=O)O)CCN(Cc2ccc(Br)c(F)c2)CC1. The zero-order valence-corrected chi connectivity index (χ0v) is 13.1. The first kappa shape index (κ1) is 15.4. The summed E-state index contributed by atoms with van der Waals surface area (Å²) in [5, 5.41) is 9.36. The number of halogens is 2. The summed E-state index contributed by atoms with van der Waals surface area (Å²) in [4.78, 5) is 13.6. The van der Waals surface area contributed by atoms with E-state index in [9.17, 15) is 14.3 Å². The van der Waals surface area contributed by atoms with Gasteiger partial charge < -0.3 is 5.11 Å². The van der Waals surface area contributed by atoms with Crippen LogP contribution in [0.2, 0.25) is 0 Å². The van der Waals surface area contributed by atoms with Gasteiger partial charge in [0.05, 0.1) is 9.89 Å². The third kappa shape index (κ3) is 3.20. The Labute approximate surface area is 126 Å². The van der Waals surface area contributed by atoms with E-state index in [1.165, 1.54) is 6.07 Å². The van der Waals surface area contributed by atoms with Crippen molar-refractivity contribution >= 4 is 21.9 Å². The number of carbonyl (C=O) groups is 1. The van der Waals surface area contributed by atoms with Gasteiger partial charge in [0, 0.05) is 6.54 Å². The second-order valence-corrected chi connectivity index (χ2v) is 6.32. The molecule has 2 rings (SSSR count). The Kier molecular flexibility index (Phi) is 4.81. The van der Waals surface area contributed by atoms with Crippen LogP contribution < -0.4 is 0 Å². The molecule has 0 unspecified atom stereocenters. The lowest BCUT2D eigenvalue weighted by atomic mass is 9.76. The second kappa shape index (κ2) is 6.22. The second-order valence-electron chi connectivity index (χ2n) is 5.46. The molecule has 3 nitrogen and oxygen atoms in total. The van der Waals surface area contributed by atoms with Crippen molar-refractivity contribution in [2.24, 2.45) is 5.41 Å². The molecule has 5 heteroatoms. The molecule has 1 aliphatic rings. The minimum atomic E-state index is -0.686. The van der Waals surface area contributed by atoms with Gasteiger partial charge in [-0.1, -0.05) is 13.0 Å². The number of hydrogen-bond donors (Lipinski definition) is 1. The smallest absolute Gasteiger partial charge is 0.309 e. The summed E-state index contributed by atoms with van der Waals surface area (Å²) >= 11 is 3.14. The van der Waals surface area contributed by atoms with Crippen molar-refractivity contribution in [3.05, 3.63) is 34.1 Å². The minimum absolute atomic E-state index is 0.257. The van der Waals surface area contributed by atoms with Gasteiger partial charge in [-0.2, -0.15) is 0 Å². The number of hydrogen-bond acceptors (Lipinski definition) is 2. The van der Waals surface area contributed by atoms with E-state index in [2.05, 4.69) is 20.8 Å². The van der Waals surface area contributed by atoms with Gasteiger partial charge in [-0.15, -0.1) is 0 Å². The van der Waals surface area contributed by atoms with Gasteiger partial charge in [-0.3, -0.25) is 9.69 Å². The average molecular weight is 344 g/mol. The van der Waals surface area contributed by atoms with Crippen LogP contribution in [0.1, 0.15) is 31.7 Å². The van der Waals surface area contributed by atoms with Crippen molar-refractivity contribution in [1.29, 1.82) is 0 Å². The molecule has 0 bridgehead atoms. The topological polar surface area (TPSA) is 40.5 Å². The first-order valence-corrected chi connectivity index (χ1v) is 7.66. The standard InChI is InChI=1S/C15H19BrFNO2/c1-2-15(14(19)20)5-7-18(8-6-15)10-11-3-4-12(16)13(17)9-11/h3-4,9H,2,5-8,10H2,1H3,(H,19,20). The molecular formula is C15H19BrFNO2. The molecular weight excluding hydrogens is 325 g/mol. The highest BCUT2D eigenvalue weighted by molar-refractivity contribution is 9.10. The Morgan fingerprint density at radius 3 is 2.60 bits per heavy atom. The lowest BCUT2D eigenvalue weighted by molar-refractivity contribution is -0.152. The fraction of sp³-hybridized carbons (Fsp3) is 0.533. The molecule has 110 valence electrons. The predicted molar refractivity (Wildman–Crippen MR) is 79.0 cm³/mol. The first-order valence-electron chi connectivity index (χ1n) is 6.86. The molecule has 1 heterocycles. The first-order chi connectivity index (χ1) is 9.47. The van der Waals surface area contributed by atoms with Gasteiger partial charge in [-0.05, 0) is 66.0 Å². The van der Waals surface area contributed by atoms with Crippen molar-refractivity contribution in [3.63, 3.8) is 0 Å². The maximum atomic E-state index is 13.5. The number of piperidine rings is 1. The molecule has 0 radical (unpaired) electrons. The van der Waals surface area contributed by atoms with Crippen LogP contribution in [-0.2, 0) is 11.3 Å². The zero-order chi connectivity index (χ0) is 14.8. The zero-order valence-electron chi connectivity index (χ0n) is 11.5. The van der Waals surface area contributed by atoms with E-state index in [0.29, 0.717) is 30.3 Å². The molecule has 20 heavy (non-hydrogen) atoms. The Morgan fingerprint density at radius 2 is 2.10 bits per heavy atom. The number of nitrogens with zero attached hydrogens (tertiary/aromatic N) is 1. The van der Waals surface area contributed by atoms with Crippen LogP contribution in [0.4, 0.5) is 4.39 Å². The van der Waals surface area contributed by atoms with Crippen LogP contribution >= 0.6 is 15.9 Å². The van der Waals surface area contributed by atoms with E-state index in [4.69, 9.17) is 0 Å². The molecule has 1 saturated heterocycles. The quantitative estimate of drug-likeness (QED) is 0.906. The Bertz CT molecular complexity index is 499. The number of carboxylic acid groups (broad SMARTS) is 1. The third-order valence-electron chi connectivity index (χ3n) is 4.33. The molecule has 1 N–H and O–H groups in total. The molecule has 1 aromatic carbocycles. The van der Waals surface area contributed by atoms with E-state index < -0.39 is 11.4 Å². The maximum absolute atomic E-state index is 13.5. The van der Waals surface area contributed by atoms with Crippen LogP contribution in [0.25, 0.3) is 0 Å². The summed E-state index contributed by atoms with van der Waals surface area (Å²) in [5.74, 6) is -0.942. The van der Waals surface area contributed by atoms with Gasteiger partial charge in [-0.25, -0.2) is 4.39 Å². The highest BCUT2D eigenvalue weighted by atomic mass is 79.9. The molecule has 0 saturated carbocycles. The van der Waals surface area contributed by atoms with E-state index >= 15 is 0 Å². The van der Waals surface area contributed by atoms with Crippen LogP contribution in [0.5, 0.6) is 0 Å². The molecule has 0 amide bonds. The van der Waals surface area contributed by atoms with Crippen molar-refractivity contribution in [1.82, 2.24) is 4.90 Å². The lowest BCUT2D eigenvalue weighted by Gasteiger charge is -2.38. The fourth-order valence-electron chi connectivity index (χ4n) is 2.75. The van der Waals surface area contributed by atoms with Crippen molar-refractivity contribution in [2.45, 2.75) is 32.7 Å². The van der Waals surface area contributed by atoms with Crippen LogP contribution in [-0.4, -0.2) is 29.1 Å². The normalized spacial score (nSPS) is 18.9. The van der Waals surface area contributed by atoms with Crippen molar-refractivity contribution in [2.75, 3.05) is 13.1 Å². The van der Waals surface area contributed by atoms with Crippen LogP contribution in [0.15, 0.2) is 22.7 Å². The number of carboxylic acids is 1. The van der Waals surface area contributed by atoms with Gasteiger partial charge in [0.25, 0.3) is 0 Å². The number of aliphatic carboxylic acids is 1. The predicted octanol–water partition coefficient (Wildman–Crippen LogP) is 3.67. The van der Waals surface area contributed by atoms with Gasteiger partial charge in [0.15, 0.2) is 0 Å². The van der Waals surface area contributed by atoms with Crippen molar-refractivity contribution < 1.29 is 14.3 Å². The van der Waals surface area contributed by atoms with Gasteiger partial charge in [0.2, 0.25) is 0 Å². The number of rotatable bonds is 4.